The van der Waals surface area contributed by atoms with Gasteiger partial charge in [-0.05, 0) is 30.3 Å². The van der Waals surface area contributed by atoms with Gasteiger partial charge >= 0.3 is 0 Å². The Balaban J connectivity index is 1.54. The molecule has 3 rings (SSSR count). The molecule has 3 aromatic rings. The van der Waals surface area contributed by atoms with Gasteiger partial charge in [0.25, 0.3) is 0 Å². The van der Waals surface area contributed by atoms with Gasteiger partial charge in [0, 0.05) is 23.9 Å². The highest BCUT2D eigenvalue weighted by Crippen LogP contribution is 2.20. The second-order valence-electron chi connectivity index (χ2n) is 5.72. The number of rotatable bonds is 6. The summed E-state index contributed by atoms with van der Waals surface area (Å²) in [5.74, 6) is -0.107. The first-order chi connectivity index (χ1) is 13.1. The van der Waals surface area contributed by atoms with Crippen LogP contribution in [0.4, 0.5) is 11.4 Å². The van der Waals surface area contributed by atoms with Crippen molar-refractivity contribution >= 4 is 35.0 Å². The molecule has 0 saturated carbocycles. The van der Waals surface area contributed by atoms with Gasteiger partial charge in [-0.15, -0.1) is 10.2 Å². The molecule has 7 heteroatoms. The fraction of sp³-hybridized carbons (Fsp3) is 0.100. The molecular formula is C20H18N4O2S. The van der Waals surface area contributed by atoms with Crippen LogP contribution in [-0.4, -0.2) is 27.8 Å². The molecule has 0 aliphatic heterocycles. The van der Waals surface area contributed by atoms with Crippen molar-refractivity contribution in [3.8, 4) is 11.3 Å². The molecule has 0 aliphatic carbocycles. The van der Waals surface area contributed by atoms with Gasteiger partial charge in [0.15, 0.2) is 0 Å². The molecule has 1 heterocycles. The third-order valence-corrected chi connectivity index (χ3v) is 4.45. The summed E-state index contributed by atoms with van der Waals surface area (Å²) in [5.41, 5.74) is 3.05. The minimum absolute atomic E-state index is 0.158. The Labute approximate surface area is 161 Å². The van der Waals surface area contributed by atoms with Crippen LogP contribution in [0.3, 0.4) is 0 Å². The highest BCUT2D eigenvalue weighted by Gasteiger charge is 2.07. The zero-order valence-corrected chi connectivity index (χ0v) is 15.5. The summed E-state index contributed by atoms with van der Waals surface area (Å²) in [6.07, 6.45) is 0. The number of benzene rings is 2. The molecule has 2 amide bonds. The van der Waals surface area contributed by atoms with Crippen LogP contribution in [0.1, 0.15) is 6.92 Å². The zero-order valence-electron chi connectivity index (χ0n) is 14.7. The van der Waals surface area contributed by atoms with Gasteiger partial charge in [0.2, 0.25) is 11.8 Å². The molecule has 2 aromatic carbocycles. The highest BCUT2D eigenvalue weighted by atomic mass is 32.2. The van der Waals surface area contributed by atoms with Gasteiger partial charge in [-0.2, -0.15) is 0 Å². The SMILES string of the molecule is CC(=O)Nc1cccc(NC(=O)CSc2ccc(-c3ccccc3)nn2)c1. The molecule has 2 N–H and O–H groups in total. The maximum absolute atomic E-state index is 12.1. The Morgan fingerprint density at radius 1 is 0.889 bits per heavy atom. The van der Waals surface area contributed by atoms with Crippen LogP contribution >= 0.6 is 11.8 Å². The lowest BCUT2D eigenvalue weighted by molar-refractivity contribution is -0.114. The van der Waals surface area contributed by atoms with E-state index in [9.17, 15) is 9.59 Å². The van der Waals surface area contributed by atoms with Gasteiger partial charge in [-0.1, -0.05) is 48.2 Å². The Hall–Kier alpha value is -3.19. The average Bonchev–Trinajstić information content (AvgIpc) is 2.67. The van der Waals surface area contributed by atoms with Crippen LogP contribution in [0.25, 0.3) is 11.3 Å². The molecule has 0 radical (unpaired) electrons. The predicted octanol–water partition coefficient (Wildman–Crippen LogP) is 3.83. The molecule has 0 spiro atoms. The normalized spacial score (nSPS) is 10.3. The maximum atomic E-state index is 12.1. The van der Waals surface area contributed by atoms with E-state index in [0.29, 0.717) is 16.4 Å². The number of carbonyl (C=O) groups is 2. The van der Waals surface area contributed by atoms with Crippen molar-refractivity contribution in [1.82, 2.24) is 10.2 Å². The van der Waals surface area contributed by atoms with Gasteiger partial charge < -0.3 is 10.6 Å². The van der Waals surface area contributed by atoms with Crippen molar-refractivity contribution in [2.45, 2.75) is 11.9 Å². The fourth-order valence-corrected chi connectivity index (χ4v) is 2.99. The van der Waals surface area contributed by atoms with E-state index in [4.69, 9.17) is 0 Å². The molecule has 136 valence electrons. The molecule has 0 bridgehead atoms. The molecule has 0 saturated heterocycles. The molecule has 27 heavy (non-hydrogen) atoms. The van der Waals surface area contributed by atoms with Crippen molar-refractivity contribution in [1.29, 1.82) is 0 Å². The summed E-state index contributed by atoms with van der Waals surface area (Å²) in [4.78, 5) is 23.2. The van der Waals surface area contributed by atoms with Gasteiger partial charge in [0.1, 0.15) is 5.03 Å². The Bertz CT molecular complexity index is 930. The summed E-state index contributed by atoms with van der Waals surface area (Å²) < 4.78 is 0. The Morgan fingerprint density at radius 3 is 2.30 bits per heavy atom. The van der Waals surface area contributed by atoms with Crippen LogP contribution in [0.2, 0.25) is 0 Å². The van der Waals surface area contributed by atoms with Crippen molar-refractivity contribution < 1.29 is 9.59 Å². The van der Waals surface area contributed by atoms with E-state index in [1.807, 2.05) is 42.5 Å². The van der Waals surface area contributed by atoms with Gasteiger partial charge in [-0.25, -0.2) is 0 Å². The summed E-state index contributed by atoms with van der Waals surface area (Å²) in [7, 11) is 0. The average molecular weight is 378 g/mol. The quantitative estimate of drug-likeness (QED) is 0.637. The van der Waals surface area contributed by atoms with Crippen molar-refractivity contribution in [3.63, 3.8) is 0 Å². The third-order valence-electron chi connectivity index (χ3n) is 3.53. The number of aromatic nitrogens is 2. The molecule has 6 nitrogen and oxygen atoms in total. The Morgan fingerprint density at radius 2 is 1.63 bits per heavy atom. The second-order valence-corrected chi connectivity index (χ2v) is 6.72. The smallest absolute Gasteiger partial charge is 0.234 e. The minimum Gasteiger partial charge on any atom is -0.326 e. The van der Waals surface area contributed by atoms with Gasteiger partial charge in [0.05, 0.1) is 11.4 Å². The lowest BCUT2D eigenvalue weighted by atomic mass is 10.1. The molecule has 0 aliphatic rings. The lowest BCUT2D eigenvalue weighted by Crippen LogP contribution is -2.14. The third kappa shape index (κ3) is 5.65. The second kappa shape index (κ2) is 8.95. The van der Waals surface area contributed by atoms with Crippen LogP contribution in [0.5, 0.6) is 0 Å². The first-order valence-electron chi connectivity index (χ1n) is 8.29. The van der Waals surface area contributed by atoms with Gasteiger partial charge in [-0.3, -0.25) is 9.59 Å². The van der Waals surface area contributed by atoms with E-state index < -0.39 is 0 Å². The van der Waals surface area contributed by atoms with Crippen LogP contribution < -0.4 is 10.6 Å². The number of thioether (sulfide) groups is 1. The molecular weight excluding hydrogens is 360 g/mol. The van der Waals surface area contributed by atoms with Crippen LogP contribution in [0, 0.1) is 0 Å². The zero-order chi connectivity index (χ0) is 19.1. The number of hydrogen-bond acceptors (Lipinski definition) is 5. The number of amides is 2. The fourth-order valence-electron chi connectivity index (χ4n) is 2.37. The first kappa shape index (κ1) is 18.6. The summed E-state index contributed by atoms with van der Waals surface area (Å²) >= 11 is 1.31. The monoisotopic (exact) mass is 378 g/mol. The first-order valence-corrected chi connectivity index (χ1v) is 9.28. The standard InChI is InChI=1S/C20H18N4O2S/c1-14(25)21-16-8-5-9-17(12-16)22-19(26)13-27-20-11-10-18(23-24-20)15-6-3-2-4-7-15/h2-12H,13H2,1H3,(H,21,25)(H,22,26). The van der Waals surface area contributed by atoms with Crippen LogP contribution in [0.15, 0.2) is 71.8 Å². The number of anilines is 2. The van der Waals surface area contributed by atoms with E-state index in [-0.39, 0.29) is 17.6 Å². The molecule has 1 aromatic heterocycles. The minimum atomic E-state index is -0.161. The van der Waals surface area contributed by atoms with E-state index in [1.54, 1.807) is 24.3 Å². The van der Waals surface area contributed by atoms with E-state index >= 15 is 0 Å². The van der Waals surface area contributed by atoms with E-state index in [2.05, 4.69) is 20.8 Å². The lowest BCUT2D eigenvalue weighted by Gasteiger charge is -2.07. The topological polar surface area (TPSA) is 84.0 Å². The van der Waals surface area contributed by atoms with E-state index in [0.717, 1.165) is 11.3 Å². The molecule has 0 unspecified atom stereocenters. The number of nitrogens with zero attached hydrogens (tertiary/aromatic N) is 2. The van der Waals surface area contributed by atoms with Crippen molar-refractivity contribution in [2.75, 3.05) is 16.4 Å². The molecule has 0 fully saturated rings. The van der Waals surface area contributed by atoms with Crippen molar-refractivity contribution in [3.05, 3.63) is 66.7 Å². The maximum Gasteiger partial charge on any atom is 0.234 e. The van der Waals surface area contributed by atoms with E-state index in [1.165, 1.54) is 18.7 Å². The highest BCUT2D eigenvalue weighted by molar-refractivity contribution is 7.99. The molecule has 0 atom stereocenters. The number of hydrogen-bond donors (Lipinski definition) is 2. The number of nitrogens with one attached hydrogen (secondary N) is 2. The number of carbonyl (C=O) groups excluding carboxylic acids is 2. The summed E-state index contributed by atoms with van der Waals surface area (Å²) in [6.45, 7) is 1.44. The Kier molecular flexibility index (Phi) is 6.17. The van der Waals surface area contributed by atoms with Crippen LogP contribution in [-0.2, 0) is 9.59 Å². The summed E-state index contributed by atoms with van der Waals surface area (Å²) in [6, 6.07) is 20.5. The van der Waals surface area contributed by atoms with Crippen molar-refractivity contribution in [2.24, 2.45) is 0 Å². The summed E-state index contributed by atoms with van der Waals surface area (Å²) in [5, 5.41) is 14.5. The largest absolute Gasteiger partial charge is 0.326 e. The predicted molar refractivity (Wildman–Crippen MR) is 108 cm³/mol.